The number of methoxy groups -OCH3 is 1. The summed E-state index contributed by atoms with van der Waals surface area (Å²) in [6, 6.07) is 3.44. The van der Waals surface area contributed by atoms with Crippen LogP contribution in [0.1, 0.15) is 11.6 Å². The van der Waals surface area contributed by atoms with Gasteiger partial charge in [-0.15, -0.1) is 0 Å². The van der Waals surface area contributed by atoms with E-state index in [0.717, 1.165) is 11.3 Å². The van der Waals surface area contributed by atoms with E-state index in [1.807, 2.05) is 6.07 Å². The number of hydrogen-bond acceptors (Lipinski definition) is 3. The monoisotopic (exact) mass is 199 g/mol. The summed E-state index contributed by atoms with van der Waals surface area (Å²) >= 11 is 5.88. The zero-order chi connectivity index (χ0) is 9.42. The fourth-order valence-corrected chi connectivity index (χ4v) is 1.65. The first-order valence-electron chi connectivity index (χ1n) is 3.98. The van der Waals surface area contributed by atoms with Gasteiger partial charge in [0.2, 0.25) is 0 Å². The van der Waals surface area contributed by atoms with Crippen LogP contribution >= 0.6 is 11.6 Å². The first-order chi connectivity index (χ1) is 6.22. The molecule has 0 fully saturated rings. The molecule has 1 heterocycles. The van der Waals surface area contributed by atoms with E-state index < -0.39 is 0 Å². The number of benzene rings is 1. The molecule has 2 N–H and O–H groups in total. The average molecular weight is 200 g/mol. The fourth-order valence-electron chi connectivity index (χ4n) is 1.43. The molecule has 3 nitrogen and oxygen atoms in total. The molecular weight excluding hydrogens is 190 g/mol. The van der Waals surface area contributed by atoms with Crippen molar-refractivity contribution in [2.24, 2.45) is 5.73 Å². The van der Waals surface area contributed by atoms with Gasteiger partial charge in [-0.2, -0.15) is 0 Å². The Bertz CT molecular complexity index is 341. The number of ether oxygens (including phenoxy) is 2. The minimum atomic E-state index is -0.0948. The molecule has 0 radical (unpaired) electrons. The van der Waals surface area contributed by atoms with E-state index in [-0.39, 0.29) is 6.04 Å². The van der Waals surface area contributed by atoms with Gasteiger partial charge >= 0.3 is 0 Å². The van der Waals surface area contributed by atoms with Gasteiger partial charge in [0.05, 0.1) is 13.2 Å². The summed E-state index contributed by atoms with van der Waals surface area (Å²) < 4.78 is 10.5. The van der Waals surface area contributed by atoms with Crippen LogP contribution in [0.25, 0.3) is 0 Å². The lowest BCUT2D eigenvalue weighted by atomic mass is 10.1. The van der Waals surface area contributed by atoms with Crippen molar-refractivity contribution >= 4 is 11.6 Å². The summed E-state index contributed by atoms with van der Waals surface area (Å²) in [5.74, 6) is 1.37. The van der Waals surface area contributed by atoms with Gasteiger partial charge in [0.1, 0.15) is 6.61 Å². The van der Waals surface area contributed by atoms with Crippen LogP contribution in [-0.2, 0) is 0 Å². The van der Waals surface area contributed by atoms with Crippen molar-refractivity contribution in [1.29, 1.82) is 0 Å². The molecule has 0 saturated carbocycles. The first kappa shape index (κ1) is 8.66. The highest BCUT2D eigenvalue weighted by Crippen LogP contribution is 2.41. The quantitative estimate of drug-likeness (QED) is 0.750. The molecule has 2 rings (SSSR count). The van der Waals surface area contributed by atoms with Gasteiger partial charge in [-0.25, -0.2) is 0 Å². The first-order valence-corrected chi connectivity index (χ1v) is 4.36. The Morgan fingerprint density at radius 2 is 2.38 bits per heavy atom. The lowest BCUT2D eigenvalue weighted by Gasteiger charge is -2.06. The molecule has 1 aromatic rings. The second kappa shape index (κ2) is 3.09. The number of halogens is 1. The van der Waals surface area contributed by atoms with E-state index in [0.29, 0.717) is 17.4 Å². The van der Waals surface area contributed by atoms with Crippen molar-refractivity contribution in [1.82, 2.24) is 0 Å². The highest BCUT2D eigenvalue weighted by Gasteiger charge is 2.24. The molecule has 1 aromatic carbocycles. The molecule has 1 aliphatic rings. The SMILES string of the molecule is COc1cc(Cl)cc2c1OCC2N. The second-order valence-electron chi connectivity index (χ2n) is 2.94. The zero-order valence-electron chi connectivity index (χ0n) is 7.21. The second-order valence-corrected chi connectivity index (χ2v) is 3.38. The van der Waals surface area contributed by atoms with Crippen LogP contribution in [0.3, 0.4) is 0 Å². The Hall–Kier alpha value is -0.930. The third-order valence-electron chi connectivity index (χ3n) is 2.07. The van der Waals surface area contributed by atoms with E-state index in [1.54, 1.807) is 13.2 Å². The van der Waals surface area contributed by atoms with Gasteiger partial charge in [-0.3, -0.25) is 0 Å². The molecule has 13 heavy (non-hydrogen) atoms. The van der Waals surface area contributed by atoms with Gasteiger partial charge in [0.15, 0.2) is 11.5 Å². The molecule has 0 saturated heterocycles. The van der Waals surface area contributed by atoms with E-state index in [2.05, 4.69) is 0 Å². The molecular formula is C9H10ClNO2. The smallest absolute Gasteiger partial charge is 0.166 e. The van der Waals surface area contributed by atoms with Gasteiger partial charge in [0, 0.05) is 16.7 Å². The molecule has 0 amide bonds. The van der Waals surface area contributed by atoms with Crippen LogP contribution in [0.15, 0.2) is 12.1 Å². The fraction of sp³-hybridized carbons (Fsp3) is 0.333. The summed E-state index contributed by atoms with van der Waals surface area (Å²) in [5, 5.41) is 0.622. The maximum absolute atomic E-state index is 5.88. The van der Waals surface area contributed by atoms with Gasteiger partial charge < -0.3 is 15.2 Å². The van der Waals surface area contributed by atoms with E-state index >= 15 is 0 Å². The molecule has 70 valence electrons. The molecule has 0 bridgehead atoms. The number of rotatable bonds is 1. The van der Waals surface area contributed by atoms with Crippen LogP contribution in [0, 0.1) is 0 Å². The standard InChI is InChI=1S/C9H10ClNO2/c1-12-8-3-5(10)2-6-7(11)4-13-9(6)8/h2-3,7H,4,11H2,1H3. The van der Waals surface area contributed by atoms with Gasteiger partial charge in [0.25, 0.3) is 0 Å². The molecule has 1 unspecified atom stereocenters. The molecule has 1 atom stereocenters. The van der Waals surface area contributed by atoms with Gasteiger partial charge in [-0.05, 0) is 6.07 Å². The lowest BCUT2D eigenvalue weighted by molar-refractivity contribution is 0.311. The Balaban J connectivity index is 2.56. The molecule has 1 aliphatic heterocycles. The average Bonchev–Trinajstić information content (AvgIpc) is 2.47. The number of hydrogen-bond donors (Lipinski definition) is 1. The van der Waals surface area contributed by atoms with Crippen LogP contribution in [0.4, 0.5) is 0 Å². The van der Waals surface area contributed by atoms with Gasteiger partial charge in [-0.1, -0.05) is 11.6 Å². The maximum Gasteiger partial charge on any atom is 0.166 e. The Morgan fingerprint density at radius 3 is 3.08 bits per heavy atom. The van der Waals surface area contributed by atoms with E-state index in [1.165, 1.54) is 0 Å². The van der Waals surface area contributed by atoms with Crippen molar-refractivity contribution in [2.75, 3.05) is 13.7 Å². The largest absolute Gasteiger partial charge is 0.493 e. The zero-order valence-corrected chi connectivity index (χ0v) is 7.97. The molecule has 0 spiro atoms. The van der Waals surface area contributed by atoms with Crippen LogP contribution in [-0.4, -0.2) is 13.7 Å². The molecule has 0 aliphatic carbocycles. The summed E-state index contributed by atoms with van der Waals surface area (Å²) in [7, 11) is 1.58. The summed E-state index contributed by atoms with van der Waals surface area (Å²) in [4.78, 5) is 0. The topological polar surface area (TPSA) is 44.5 Å². The van der Waals surface area contributed by atoms with E-state index in [4.69, 9.17) is 26.8 Å². The minimum absolute atomic E-state index is 0.0948. The summed E-state index contributed by atoms with van der Waals surface area (Å²) in [6.07, 6.45) is 0. The van der Waals surface area contributed by atoms with Crippen molar-refractivity contribution in [2.45, 2.75) is 6.04 Å². The molecule has 4 heteroatoms. The predicted octanol–water partition coefficient (Wildman–Crippen LogP) is 1.74. The van der Waals surface area contributed by atoms with E-state index in [9.17, 15) is 0 Å². The van der Waals surface area contributed by atoms with Crippen molar-refractivity contribution in [3.8, 4) is 11.5 Å². The lowest BCUT2D eigenvalue weighted by Crippen LogP contribution is -2.10. The van der Waals surface area contributed by atoms with Crippen molar-refractivity contribution < 1.29 is 9.47 Å². The van der Waals surface area contributed by atoms with Crippen molar-refractivity contribution in [3.63, 3.8) is 0 Å². The Morgan fingerprint density at radius 1 is 1.62 bits per heavy atom. The van der Waals surface area contributed by atoms with Crippen LogP contribution in [0.5, 0.6) is 11.5 Å². The normalized spacial score (nSPS) is 19.5. The summed E-state index contributed by atoms with van der Waals surface area (Å²) in [6.45, 7) is 0.492. The Labute approximate surface area is 81.4 Å². The minimum Gasteiger partial charge on any atom is -0.493 e. The third-order valence-corrected chi connectivity index (χ3v) is 2.29. The molecule has 0 aromatic heterocycles. The highest BCUT2D eigenvalue weighted by molar-refractivity contribution is 6.30. The van der Waals surface area contributed by atoms with Crippen LogP contribution < -0.4 is 15.2 Å². The van der Waals surface area contributed by atoms with Crippen molar-refractivity contribution in [3.05, 3.63) is 22.7 Å². The van der Waals surface area contributed by atoms with Crippen LogP contribution in [0.2, 0.25) is 5.02 Å². The third kappa shape index (κ3) is 1.34. The predicted molar refractivity (Wildman–Crippen MR) is 50.4 cm³/mol. The highest BCUT2D eigenvalue weighted by atomic mass is 35.5. The number of fused-ring (bicyclic) bond motifs is 1. The summed E-state index contributed by atoms with van der Waals surface area (Å²) in [5.41, 5.74) is 6.72. The maximum atomic E-state index is 5.88. The number of nitrogens with two attached hydrogens (primary N) is 1. The Kier molecular flexibility index (Phi) is 2.06.